The number of rotatable bonds is 7. The fourth-order valence-corrected chi connectivity index (χ4v) is 3.08. The number of hydrogen-bond acceptors (Lipinski definition) is 4. The molecule has 26 heavy (non-hydrogen) atoms. The summed E-state index contributed by atoms with van der Waals surface area (Å²) in [5.74, 6) is 0.769. The molecule has 1 saturated carbocycles. The molecular formula is C20H24N2O4. The Hall–Kier alpha value is -2.76. The van der Waals surface area contributed by atoms with Gasteiger partial charge < -0.3 is 19.8 Å². The molecule has 0 bridgehead atoms. The number of hydrogen-bond donors (Lipinski definition) is 2. The summed E-state index contributed by atoms with van der Waals surface area (Å²) < 4.78 is 11.2. The minimum Gasteiger partial charge on any atom is -0.490 e. The average molecular weight is 356 g/mol. The maximum absolute atomic E-state index is 12.0. The average Bonchev–Trinajstić information content (AvgIpc) is 3.30. The zero-order valence-corrected chi connectivity index (χ0v) is 14.9. The van der Waals surface area contributed by atoms with E-state index in [1.165, 1.54) is 19.1 Å². The second kappa shape index (κ2) is 8.56. The summed E-state index contributed by atoms with van der Waals surface area (Å²) in [4.78, 5) is 24.0. The van der Waals surface area contributed by atoms with Crippen molar-refractivity contribution in [2.45, 2.75) is 45.3 Å². The van der Waals surface area contributed by atoms with Crippen LogP contribution in [-0.4, -0.2) is 24.5 Å². The highest BCUT2D eigenvalue weighted by molar-refractivity contribution is 5.97. The van der Waals surface area contributed by atoms with E-state index in [1.54, 1.807) is 13.0 Å². The Labute approximate surface area is 152 Å². The summed E-state index contributed by atoms with van der Waals surface area (Å²) in [6.07, 6.45) is 6.30. The van der Waals surface area contributed by atoms with Gasteiger partial charge in [0.2, 0.25) is 5.91 Å². The van der Waals surface area contributed by atoms with E-state index in [2.05, 4.69) is 10.6 Å². The lowest BCUT2D eigenvalue weighted by Crippen LogP contribution is -2.36. The van der Waals surface area contributed by atoms with Crippen molar-refractivity contribution in [3.63, 3.8) is 0 Å². The molecule has 6 heteroatoms. The number of amides is 2. The Kier molecular flexibility index (Phi) is 5.94. The van der Waals surface area contributed by atoms with Gasteiger partial charge in [-0.2, -0.15) is 0 Å². The number of carbonyl (C=O) groups excluding carboxylic acids is 2. The first-order valence-electron chi connectivity index (χ1n) is 8.97. The first-order chi connectivity index (χ1) is 12.6. The maximum Gasteiger partial charge on any atom is 0.255 e. The van der Waals surface area contributed by atoms with Gasteiger partial charge in [-0.3, -0.25) is 9.59 Å². The quantitative estimate of drug-likeness (QED) is 0.799. The Morgan fingerprint density at radius 2 is 1.92 bits per heavy atom. The van der Waals surface area contributed by atoms with E-state index in [-0.39, 0.29) is 24.5 Å². The van der Waals surface area contributed by atoms with Crippen LogP contribution in [0.1, 0.15) is 47.4 Å². The number of nitrogens with one attached hydrogen (secondary N) is 2. The van der Waals surface area contributed by atoms with Crippen LogP contribution in [0.25, 0.3) is 0 Å². The molecule has 0 saturated heterocycles. The van der Waals surface area contributed by atoms with Crippen LogP contribution in [0.3, 0.4) is 0 Å². The lowest BCUT2D eigenvalue weighted by molar-refractivity contribution is -0.120. The SMILES string of the molecule is Cc1occc1C(=O)NCC(=O)NCc1ccccc1OC1CCCC1. The Bertz CT molecular complexity index is 763. The largest absolute Gasteiger partial charge is 0.490 e. The molecule has 0 radical (unpaired) electrons. The lowest BCUT2D eigenvalue weighted by Gasteiger charge is -2.16. The number of carbonyl (C=O) groups is 2. The van der Waals surface area contributed by atoms with Crippen molar-refractivity contribution in [3.05, 3.63) is 53.5 Å². The molecule has 2 aromatic rings. The van der Waals surface area contributed by atoms with Gasteiger partial charge in [0.25, 0.3) is 5.91 Å². The molecule has 0 atom stereocenters. The molecule has 1 aromatic heterocycles. The topological polar surface area (TPSA) is 80.6 Å². The zero-order valence-electron chi connectivity index (χ0n) is 14.9. The molecule has 138 valence electrons. The molecular weight excluding hydrogens is 332 g/mol. The Balaban J connectivity index is 1.48. The molecule has 0 aliphatic heterocycles. The van der Waals surface area contributed by atoms with E-state index in [4.69, 9.17) is 9.15 Å². The van der Waals surface area contributed by atoms with Crippen molar-refractivity contribution in [1.82, 2.24) is 10.6 Å². The van der Waals surface area contributed by atoms with E-state index in [1.807, 2.05) is 24.3 Å². The monoisotopic (exact) mass is 356 g/mol. The van der Waals surface area contributed by atoms with Gasteiger partial charge in [-0.25, -0.2) is 0 Å². The minimum atomic E-state index is -0.323. The van der Waals surface area contributed by atoms with Crippen LogP contribution in [0, 0.1) is 6.92 Å². The Morgan fingerprint density at radius 3 is 2.65 bits per heavy atom. The molecule has 0 unspecified atom stereocenters. The van der Waals surface area contributed by atoms with Crippen molar-refractivity contribution in [2.75, 3.05) is 6.54 Å². The summed E-state index contributed by atoms with van der Waals surface area (Å²) >= 11 is 0. The third-order valence-electron chi connectivity index (χ3n) is 4.56. The highest BCUT2D eigenvalue weighted by Crippen LogP contribution is 2.26. The van der Waals surface area contributed by atoms with Gasteiger partial charge in [0, 0.05) is 12.1 Å². The van der Waals surface area contributed by atoms with Gasteiger partial charge in [0.15, 0.2) is 0 Å². The fourth-order valence-electron chi connectivity index (χ4n) is 3.08. The highest BCUT2D eigenvalue weighted by atomic mass is 16.5. The summed E-state index contributed by atoms with van der Waals surface area (Å²) in [5.41, 5.74) is 1.37. The number of ether oxygens (including phenoxy) is 1. The molecule has 1 aliphatic rings. The van der Waals surface area contributed by atoms with Gasteiger partial charge in [-0.05, 0) is 44.7 Å². The minimum absolute atomic E-state index is 0.0882. The predicted molar refractivity (Wildman–Crippen MR) is 97.0 cm³/mol. The number of benzene rings is 1. The van der Waals surface area contributed by atoms with Gasteiger partial charge in [-0.15, -0.1) is 0 Å². The predicted octanol–water partition coefficient (Wildman–Crippen LogP) is 2.96. The van der Waals surface area contributed by atoms with Crippen molar-refractivity contribution in [1.29, 1.82) is 0 Å². The van der Waals surface area contributed by atoms with Crippen molar-refractivity contribution in [3.8, 4) is 5.75 Å². The summed E-state index contributed by atoms with van der Waals surface area (Å²) in [7, 11) is 0. The highest BCUT2D eigenvalue weighted by Gasteiger charge is 2.18. The summed E-state index contributed by atoms with van der Waals surface area (Å²) in [5, 5.41) is 5.42. The van der Waals surface area contributed by atoms with Crippen LogP contribution in [-0.2, 0) is 11.3 Å². The van der Waals surface area contributed by atoms with Crippen LogP contribution >= 0.6 is 0 Å². The molecule has 6 nitrogen and oxygen atoms in total. The van der Waals surface area contributed by atoms with Crippen molar-refractivity contribution in [2.24, 2.45) is 0 Å². The zero-order chi connectivity index (χ0) is 18.4. The third kappa shape index (κ3) is 4.65. The molecule has 1 fully saturated rings. The molecule has 1 heterocycles. The van der Waals surface area contributed by atoms with Crippen LogP contribution in [0.2, 0.25) is 0 Å². The van der Waals surface area contributed by atoms with Crippen LogP contribution < -0.4 is 15.4 Å². The third-order valence-corrected chi connectivity index (χ3v) is 4.56. The summed E-state index contributed by atoms with van der Waals surface area (Å²) in [6.45, 7) is 1.98. The molecule has 2 amide bonds. The van der Waals surface area contributed by atoms with Crippen LogP contribution in [0.5, 0.6) is 5.75 Å². The molecule has 1 aromatic carbocycles. The van der Waals surface area contributed by atoms with E-state index in [0.29, 0.717) is 17.9 Å². The second-order valence-electron chi connectivity index (χ2n) is 6.48. The van der Waals surface area contributed by atoms with E-state index in [9.17, 15) is 9.59 Å². The normalized spacial score (nSPS) is 14.2. The summed E-state index contributed by atoms with van der Waals surface area (Å²) in [6, 6.07) is 9.32. The molecule has 3 rings (SSSR count). The number of aryl methyl sites for hydroxylation is 1. The first kappa shape index (κ1) is 18.0. The first-order valence-corrected chi connectivity index (χ1v) is 8.97. The molecule has 0 spiro atoms. The molecule has 2 N–H and O–H groups in total. The van der Waals surface area contributed by atoms with E-state index >= 15 is 0 Å². The fraction of sp³-hybridized carbons (Fsp3) is 0.400. The van der Waals surface area contributed by atoms with Gasteiger partial charge in [-0.1, -0.05) is 18.2 Å². The lowest BCUT2D eigenvalue weighted by atomic mass is 10.2. The number of furan rings is 1. The van der Waals surface area contributed by atoms with Crippen molar-refractivity contribution >= 4 is 11.8 Å². The smallest absolute Gasteiger partial charge is 0.255 e. The van der Waals surface area contributed by atoms with Crippen LogP contribution in [0.4, 0.5) is 0 Å². The van der Waals surface area contributed by atoms with Gasteiger partial charge >= 0.3 is 0 Å². The second-order valence-corrected chi connectivity index (χ2v) is 6.48. The number of para-hydroxylation sites is 1. The van der Waals surface area contributed by atoms with E-state index < -0.39 is 0 Å². The Morgan fingerprint density at radius 1 is 1.15 bits per heavy atom. The van der Waals surface area contributed by atoms with Gasteiger partial charge in [0.05, 0.1) is 24.5 Å². The molecule has 1 aliphatic carbocycles. The van der Waals surface area contributed by atoms with E-state index in [0.717, 1.165) is 24.2 Å². The standard InChI is InChI=1S/C20H24N2O4/c1-14-17(10-11-25-14)20(24)22-13-19(23)21-12-15-6-2-5-9-18(15)26-16-7-3-4-8-16/h2,5-6,9-11,16H,3-4,7-8,12-13H2,1H3,(H,21,23)(H,22,24). The maximum atomic E-state index is 12.0. The van der Waals surface area contributed by atoms with Gasteiger partial charge in [0.1, 0.15) is 11.5 Å². The van der Waals surface area contributed by atoms with Crippen LogP contribution in [0.15, 0.2) is 41.0 Å². The van der Waals surface area contributed by atoms with Crippen molar-refractivity contribution < 1.29 is 18.7 Å².